The predicted molar refractivity (Wildman–Crippen MR) is 98.6 cm³/mol. The molecule has 2 rings (SSSR count). The van der Waals surface area contributed by atoms with Crippen LogP contribution in [0.25, 0.3) is 0 Å². The monoisotopic (exact) mass is 384 g/mol. The minimum absolute atomic E-state index is 0. The van der Waals surface area contributed by atoms with Crippen LogP contribution < -0.4 is 39.0 Å². The average molecular weight is 384 g/mol. The van der Waals surface area contributed by atoms with Crippen molar-refractivity contribution in [2.45, 2.75) is 39.5 Å². The third kappa shape index (κ3) is 9.36. The molecular formula is C20H26NaO4P. The van der Waals surface area contributed by atoms with Crippen LogP contribution in [0.2, 0.25) is 0 Å². The summed E-state index contributed by atoms with van der Waals surface area (Å²) in [5, 5.41) is 0. The van der Waals surface area contributed by atoms with Crippen LogP contribution >= 0.6 is 7.82 Å². The number of phosphoric ester groups is 1. The van der Waals surface area contributed by atoms with E-state index in [1.165, 1.54) is 5.56 Å². The maximum atomic E-state index is 11.8. The minimum atomic E-state index is -4.30. The first kappa shape index (κ1) is 23.4. The number of phosphoric acid groups is 1. The van der Waals surface area contributed by atoms with E-state index in [0.29, 0.717) is 12.3 Å². The molecule has 0 fully saturated rings. The maximum absolute atomic E-state index is 11.8. The van der Waals surface area contributed by atoms with Crippen molar-refractivity contribution in [2.24, 2.45) is 5.92 Å². The van der Waals surface area contributed by atoms with Crippen molar-refractivity contribution < 1.29 is 48.1 Å². The van der Waals surface area contributed by atoms with Gasteiger partial charge in [-0.2, -0.15) is 0 Å². The zero-order valence-electron chi connectivity index (χ0n) is 15.9. The number of hydrogen-bond donors (Lipinski definition) is 0. The van der Waals surface area contributed by atoms with Crippen molar-refractivity contribution in [3.8, 4) is 5.75 Å². The Morgan fingerprint density at radius 3 is 2.12 bits per heavy atom. The van der Waals surface area contributed by atoms with Crippen molar-refractivity contribution in [1.82, 2.24) is 0 Å². The van der Waals surface area contributed by atoms with Gasteiger partial charge in [0.15, 0.2) is 0 Å². The van der Waals surface area contributed by atoms with Gasteiger partial charge in [-0.3, -0.25) is 4.57 Å². The van der Waals surface area contributed by atoms with Crippen LogP contribution in [-0.2, 0) is 21.9 Å². The summed E-state index contributed by atoms with van der Waals surface area (Å²) in [6.07, 6.45) is 3.47. The third-order valence-electron chi connectivity index (χ3n) is 3.86. The van der Waals surface area contributed by atoms with Gasteiger partial charge in [-0.1, -0.05) is 56.3 Å². The first-order chi connectivity index (χ1) is 11.9. The van der Waals surface area contributed by atoms with Crippen LogP contribution in [0.15, 0.2) is 54.6 Å². The van der Waals surface area contributed by atoms with Gasteiger partial charge in [-0.25, -0.2) is 0 Å². The Morgan fingerprint density at radius 1 is 0.962 bits per heavy atom. The molecule has 0 aliphatic heterocycles. The number of rotatable bonds is 10. The molecule has 26 heavy (non-hydrogen) atoms. The molecule has 0 saturated heterocycles. The zero-order valence-corrected chi connectivity index (χ0v) is 18.8. The average Bonchev–Trinajstić information content (AvgIpc) is 2.59. The molecule has 0 N–H and O–H groups in total. The van der Waals surface area contributed by atoms with E-state index in [4.69, 9.17) is 9.05 Å². The van der Waals surface area contributed by atoms with Crippen LogP contribution in [0, 0.1) is 5.92 Å². The predicted octanol–water partition coefficient (Wildman–Crippen LogP) is 1.78. The van der Waals surface area contributed by atoms with E-state index in [1.807, 2.05) is 30.3 Å². The van der Waals surface area contributed by atoms with E-state index in [9.17, 15) is 9.46 Å². The molecule has 1 unspecified atom stereocenters. The molecule has 0 aliphatic rings. The summed E-state index contributed by atoms with van der Waals surface area (Å²) in [6.45, 7) is 4.34. The summed E-state index contributed by atoms with van der Waals surface area (Å²) in [5.41, 5.74) is 2.41. The smallest absolute Gasteiger partial charge is 0.746 e. The van der Waals surface area contributed by atoms with Crippen LogP contribution in [0.5, 0.6) is 5.75 Å². The molecule has 0 heterocycles. The van der Waals surface area contributed by atoms with E-state index < -0.39 is 7.82 Å². The Labute approximate surface area is 178 Å². The molecule has 136 valence electrons. The SMILES string of the molecule is CC(C)CCCOP(=O)([O-])Oc1ccc(CCc2ccccc2)cc1.[Na+]. The van der Waals surface area contributed by atoms with Crippen molar-refractivity contribution in [2.75, 3.05) is 6.61 Å². The molecule has 2 aromatic rings. The standard InChI is InChI=1S/C20H27O4P.Na/c1-17(2)7-6-16-23-25(21,22)24-20-14-12-19(13-15-20)11-10-18-8-4-3-5-9-18;/h3-5,8-9,12-15,17H,6-7,10-11,16H2,1-2H3,(H,21,22);/q;+1/p-1. The Kier molecular flexibility index (Phi) is 10.8. The van der Waals surface area contributed by atoms with Gasteiger partial charge in [0.05, 0.1) is 6.61 Å². The second kappa shape index (κ2) is 12.0. The first-order valence-electron chi connectivity index (χ1n) is 8.73. The van der Waals surface area contributed by atoms with Crippen molar-refractivity contribution in [3.05, 3.63) is 65.7 Å². The molecule has 6 heteroatoms. The van der Waals surface area contributed by atoms with Gasteiger partial charge in [0.1, 0.15) is 5.75 Å². The van der Waals surface area contributed by atoms with E-state index in [2.05, 4.69) is 26.0 Å². The van der Waals surface area contributed by atoms with E-state index in [0.717, 1.165) is 24.8 Å². The van der Waals surface area contributed by atoms with E-state index in [-0.39, 0.29) is 41.9 Å². The van der Waals surface area contributed by atoms with Crippen LogP contribution in [0.3, 0.4) is 0 Å². The topological polar surface area (TPSA) is 58.6 Å². The minimum Gasteiger partial charge on any atom is -0.746 e. The second-order valence-electron chi connectivity index (χ2n) is 6.54. The molecule has 0 saturated carbocycles. The van der Waals surface area contributed by atoms with Gasteiger partial charge in [0.25, 0.3) is 0 Å². The normalized spacial score (nSPS) is 13.1. The Hall–Kier alpha value is -0.610. The molecular weight excluding hydrogens is 358 g/mol. The largest absolute Gasteiger partial charge is 1.00 e. The van der Waals surface area contributed by atoms with Gasteiger partial charge in [0, 0.05) is 0 Å². The molecule has 0 spiro atoms. The van der Waals surface area contributed by atoms with Gasteiger partial charge >= 0.3 is 37.4 Å². The summed E-state index contributed by atoms with van der Waals surface area (Å²) in [5.74, 6) is 0.810. The molecule has 0 bridgehead atoms. The molecule has 4 nitrogen and oxygen atoms in total. The summed E-state index contributed by atoms with van der Waals surface area (Å²) >= 11 is 0. The second-order valence-corrected chi connectivity index (χ2v) is 7.87. The summed E-state index contributed by atoms with van der Waals surface area (Å²) in [7, 11) is -4.30. The summed E-state index contributed by atoms with van der Waals surface area (Å²) < 4.78 is 21.7. The first-order valence-corrected chi connectivity index (χ1v) is 10.2. The molecule has 2 aromatic carbocycles. The molecule has 0 radical (unpaired) electrons. The van der Waals surface area contributed by atoms with E-state index >= 15 is 0 Å². The van der Waals surface area contributed by atoms with Crippen molar-refractivity contribution in [1.29, 1.82) is 0 Å². The fourth-order valence-corrected chi connectivity index (χ4v) is 3.26. The van der Waals surface area contributed by atoms with Gasteiger partial charge in [-0.15, -0.1) is 0 Å². The fraction of sp³-hybridized carbons (Fsp3) is 0.400. The van der Waals surface area contributed by atoms with Gasteiger partial charge in [-0.05, 0) is 54.9 Å². The van der Waals surface area contributed by atoms with Gasteiger partial charge < -0.3 is 13.9 Å². The number of benzene rings is 2. The Bertz CT molecular complexity index is 674. The molecule has 1 atom stereocenters. The van der Waals surface area contributed by atoms with Gasteiger partial charge in [0.2, 0.25) is 0 Å². The fourth-order valence-electron chi connectivity index (χ4n) is 2.47. The summed E-state index contributed by atoms with van der Waals surface area (Å²) in [4.78, 5) is 11.8. The van der Waals surface area contributed by atoms with Crippen LogP contribution in [-0.4, -0.2) is 6.61 Å². The Balaban J connectivity index is 0.00000338. The van der Waals surface area contributed by atoms with Crippen LogP contribution in [0.4, 0.5) is 0 Å². The van der Waals surface area contributed by atoms with E-state index in [1.54, 1.807) is 12.1 Å². The van der Waals surface area contributed by atoms with Crippen LogP contribution in [0.1, 0.15) is 37.8 Å². The Morgan fingerprint density at radius 2 is 1.54 bits per heavy atom. The molecule has 0 aliphatic carbocycles. The van der Waals surface area contributed by atoms with Crippen molar-refractivity contribution in [3.63, 3.8) is 0 Å². The molecule has 0 amide bonds. The summed E-state index contributed by atoms with van der Waals surface area (Å²) in [6, 6.07) is 17.4. The maximum Gasteiger partial charge on any atom is 1.00 e. The third-order valence-corrected chi connectivity index (χ3v) is 4.79. The number of hydrogen-bond acceptors (Lipinski definition) is 4. The molecule has 0 aromatic heterocycles. The zero-order chi connectivity index (χ0) is 18.1. The quantitative estimate of drug-likeness (QED) is 0.356. The number of aryl methyl sites for hydroxylation is 2. The van der Waals surface area contributed by atoms with Crippen molar-refractivity contribution >= 4 is 7.82 Å².